The number of hydrogen-bond acceptors (Lipinski definition) is 5. The van der Waals surface area contributed by atoms with Crippen molar-refractivity contribution in [3.8, 4) is 0 Å². The highest BCUT2D eigenvalue weighted by molar-refractivity contribution is 5.48. The molecule has 6 nitrogen and oxygen atoms in total. The van der Waals surface area contributed by atoms with Gasteiger partial charge in [0.15, 0.2) is 0 Å². The molecule has 0 aromatic carbocycles. The maximum absolute atomic E-state index is 4.73. The molecule has 0 bridgehead atoms. The minimum absolute atomic E-state index is 0.750. The van der Waals surface area contributed by atoms with Gasteiger partial charge in [-0.1, -0.05) is 0 Å². The fraction of sp³-hybridized carbons (Fsp3) is 0.650. The van der Waals surface area contributed by atoms with Crippen molar-refractivity contribution in [2.45, 2.75) is 46.2 Å². The van der Waals surface area contributed by atoms with E-state index in [1.165, 1.54) is 49.4 Å². The van der Waals surface area contributed by atoms with Crippen LogP contribution in [0.25, 0.3) is 0 Å². The van der Waals surface area contributed by atoms with Crippen LogP contribution in [0.3, 0.4) is 0 Å². The smallest absolute Gasteiger partial charge is 0.135 e. The van der Waals surface area contributed by atoms with Crippen LogP contribution in [0.1, 0.15) is 35.6 Å². The maximum Gasteiger partial charge on any atom is 0.135 e. The van der Waals surface area contributed by atoms with Crippen molar-refractivity contribution in [2.75, 3.05) is 31.1 Å². The number of imidazole rings is 1. The number of fused-ring (bicyclic) bond motifs is 2. The van der Waals surface area contributed by atoms with Crippen LogP contribution in [-0.2, 0) is 19.5 Å². The van der Waals surface area contributed by atoms with E-state index in [4.69, 9.17) is 4.98 Å². The van der Waals surface area contributed by atoms with E-state index in [1.54, 1.807) is 6.33 Å². The Morgan fingerprint density at radius 2 is 1.81 bits per heavy atom. The van der Waals surface area contributed by atoms with Gasteiger partial charge in [0.2, 0.25) is 0 Å². The van der Waals surface area contributed by atoms with Gasteiger partial charge in [0.25, 0.3) is 0 Å². The van der Waals surface area contributed by atoms with Crippen molar-refractivity contribution in [1.82, 2.24) is 24.4 Å². The normalized spacial score (nSPS) is 25.5. The van der Waals surface area contributed by atoms with Gasteiger partial charge in [0, 0.05) is 55.9 Å². The molecule has 2 aromatic rings. The quantitative estimate of drug-likeness (QED) is 0.848. The third-order valence-electron chi connectivity index (χ3n) is 6.62. The molecule has 2 saturated heterocycles. The van der Waals surface area contributed by atoms with Crippen molar-refractivity contribution >= 4 is 5.82 Å². The minimum Gasteiger partial charge on any atom is -0.356 e. The van der Waals surface area contributed by atoms with Crippen LogP contribution in [0.15, 0.2) is 12.5 Å². The van der Waals surface area contributed by atoms with Crippen LogP contribution in [0.2, 0.25) is 0 Å². The van der Waals surface area contributed by atoms with Crippen LogP contribution in [0, 0.1) is 25.7 Å². The number of rotatable bonds is 3. The number of nitrogens with zero attached hydrogens (tertiary/aromatic N) is 6. The van der Waals surface area contributed by atoms with Crippen LogP contribution in [-0.4, -0.2) is 50.6 Å². The lowest BCUT2D eigenvalue weighted by Crippen LogP contribution is -2.30. The second-order valence-corrected chi connectivity index (χ2v) is 8.30. The Labute approximate surface area is 155 Å². The summed E-state index contributed by atoms with van der Waals surface area (Å²) in [6.45, 7) is 11.0. The highest BCUT2D eigenvalue weighted by Crippen LogP contribution is 2.35. The fourth-order valence-corrected chi connectivity index (χ4v) is 5.07. The first-order valence-electron chi connectivity index (χ1n) is 9.98. The van der Waals surface area contributed by atoms with Crippen LogP contribution < -0.4 is 4.90 Å². The molecule has 2 fully saturated rings. The molecule has 3 aliphatic heterocycles. The molecule has 2 aromatic heterocycles. The summed E-state index contributed by atoms with van der Waals surface area (Å²) in [4.78, 5) is 18.7. The third kappa shape index (κ3) is 2.71. The molecule has 2 atom stereocenters. The van der Waals surface area contributed by atoms with Gasteiger partial charge in [0.1, 0.15) is 18.0 Å². The zero-order chi connectivity index (χ0) is 17.7. The lowest BCUT2D eigenvalue weighted by atomic mass is 10.0. The summed E-state index contributed by atoms with van der Waals surface area (Å²) in [5.74, 6) is 3.92. The lowest BCUT2D eigenvalue weighted by molar-refractivity contribution is 0.293. The Bertz CT molecular complexity index is 799. The molecule has 26 heavy (non-hydrogen) atoms. The Balaban J connectivity index is 1.25. The number of anilines is 1. The first-order chi connectivity index (χ1) is 12.7. The predicted octanol–water partition coefficient (Wildman–Crippen LogP) is 2.19. The van der Waals surface area contributed by atoms with E-state index in [-0.39, 0.29) is 0 Å². The topological polar surface area (TPSA) is 50.1 Å². The molecule has 0 saturated carbocycles. The molecule has 2 unspecified atom stereocenters. The van der Waals surface area contributed by atoms with Gasteiger partial charge >= 0.3 is 0 Å². The number of likely N-dealkylation sites (tertiary alicyclic amines) is 1. The standard InChI is InChI=1S/C20H28N6/c1-14-15(2)22-13-23-20(14)25-10-16-8-24(9-17(16)11-25)12-19-21-7-18-5-3-4-6-26(18)19/h7,13,16-17H,3-6,8-12H2,1-2H3. The zero-order valence-electron chi connectivity index (χ0n) is 15.9. The largest absolute Gasteiger partial charge is 0.356 e. The van der Waals surface area contributed by atoms with Crippen LogP contribution in [0.4, 0.5) is 5.82 Å². The van der Waals surface area contributed by atoms with E-state index < -0.39 is 0 Å². The second kappa shape index (κ2) is 6.34. The van der Waals surface area contributed by atoms with E-state index >= 15 is 0 Å². The van der Waals surface area contributed by atoms with Crippen molar-refractivity contribution in [3.05, 3.63) is 35.3 Å². The Kier molecular flexibility index (Phi) is 3.96. The van der Waals surface area contributed by atoms with Crippen molar-refractivity contribution in [1.29, 1.82) is 0 Å². The number of hydrogen-bond donors (Lipinski definition) is 0. The molecule has 138 valence electrons. The molecular formula is C20H28N6. The SMILES string of the molecule is Cc1ncnc(N2CC3CN(Cc4ncc5n4CCCC5)CC3C2)c1C. The third-order valence-corrected chi connectivity index (χ3v) is 6.62. The second-order valence-electron chi connectivity index (χ2n) is 8.30. The highest BCUT2D eigenvalue weighted by atomic mass is 15.3. The van der Waals surface area contributed by atoms with E-state index in [0.29, 0.717) is 0 Å². The average molecular weight is 352 g/mol. The molecule has 5 heterocycles. The summed E-state index contributed by atoms with van der Waals surface area (Å²) >= 11 is 0. The molecule has 6 heteroatoms. The molecule has 3 aliphatic rings. The van der Waals surface area contributed by atoms with E-state index in [2.05, 4.69) is 44.4 Å². The fourth-order valence-electron chi connectivity index (χ4n) is 5.07. The van der Waals surface area contributed by atoms with Crippen molar-refractivity contribution < 1.29 is 0 Å². The van der Waals surface area contributed by atoms with Gasteiger partial charge in [-0.05, 0) is 44.9 Å². The maximum atomic E-state index is 4.73. The highest BCUT2D eigenvalue weighted by Gasteiger charge is 2.41. The molecule has 0 amide bonds. The number of aryl methyl sites for hydroxylation is 2. The molecule has 0 N–H and O–H groups in total. The van der Waals surface area contributed by atoms with E-state index in [1.807, 2.05) is 0 Å². The summed E-state index contributed by atoms with van der Waals surface area (Å²) in [6.07, 6.45) is 7.63. The monoisotopic (exact) mass is 352 g/mol. The Hall–Kier alpha value is -1.95. The Morgan fingerprint density at radius 3 is 2.62 bits per heavy atom. The van der Waals surface area contributed by atoms with Gasteiger partial charge in [0.05, 0.1) is 6.54 Å². The minimum atomic E-state index is 0.750. The van der Waals surface area contributed by atoms with Crippen molar-refractivity contribution in [2.24, 2.45) is 11.8 Å². The van der Waals surface area contributed by atoms with E-state index in [0.717, 1.165) is 49.5 Å². The summed E-state index contributed by atoms with van der Waals surface area (Å²) in [5.41, 5.74) is 3.76. The van der Waals surface area contributed by atoms with Crippen LogP contribution in [0.5, 0.6) is 0 Å². The Morgan fingerprint density at radius 1 is 1.00 bits per heavy atom. The summed E-state index contributed by atoms with van der Waals surface area (Å²) in [5, 5.41) is 0. The van der Waals surface area contributed by atoms with Gasteiger partial charge in [-0.3, -0.25) is 4.90 Å². The first-order valence-corrected chi connectivity index (χ1v) is 9.98. The summed E-state index contributed by atoms with van der Waals surface area (Å²) < 4.78 is 2.47. The van der Waals surface area contributed by atoms with Gasteiger partial charge in [-0.2, -0.15) is 0 Å². The molecule has 5 rings (SSSR count). The molecule has 0 radical (unpaired) electrons. The van der Waals surface area contributed by atoms with Gasteiger partial charge < -0.3 is 9.47 Å². The number of aromatic nitrogens is 4. The van der Waals surface area contributed by atoms with E-state index in [9.17, 15) is 0 Å². The molecular weight excluding hydrogens is 324 g/mol. The summed E-state index contributed by atoms with van der Waals surface area (Å²) in [7, 11) is 0. The summed E-state index contributed by atoms with van der Waals surface area (Å²) in [6, 6.07) is 0. The van der Waals surface area contributed by atoms with Crippen molar-refractivity contribution in [3.63, 3.8) is 0 Å². The zero-order valence-corrected chi connectivity index (χ0v) is 15.9. The van der Waals surface area contributed by atoms with Gasteiger partial charge in [-0.25, -0.2) is 15.0 Å². The lowest BCUT2D eigenvalue weighted by Gasteiger charge is -2.24. The average Bonchev–Trinajstić information content (AvgIpc) is 3.31. The first kappa shape index (κ1) is 16.2. The predicted molar refractivity (Wildman–Crippen MR) is 101 cm³/mol. The van der Waals surface area contributed by atoms with Crippen LogP contribution >= 0.6 is 0 Å². The van der Waals surface area contributed by atoms with Gasteiger partial charge in [-0.15, -0.1) is 0 Å². The molecule has 0 aliphatic carbocycles. The molecule has 0 spiro atoms.